The van der Waals surface area contributed by atoms with Gasteiger partial charge in [-0.1, -0.05) is 23.9 Å². The number of hydrogen-bond acceptors (Lipinski definition) is 5. The number of H-pyrrole nitrogens is 1. The fraction of sp³-hybridized carbons (Fsp3) is 0.357. The summed E-state index contributed by atoms with van der Waals surface area (Å²) in [6.07, 6.45) is 0. The van der Waals surface area contributed by atoms with Crippen molar-refractivity contribution in [1.29, 1.82) is 0 Å². The van der Waals surface area contributed by atoms with Crippen LogP contribution in [0.25, 0.3) is 0 Å². The van der Waals surface area contributed by atoms with Crippen LogP contribution in [0.3, 0.4) is 0 Å². The van der Waals surface area contributed by atoms with Crippen molar-refractivity contribution in [3.05, 3.63) is 40.3 Å². The standard InChI is InChI=1S/C14H17N3O3S/c1-9(2)17-13(19)15-16-14(17)21-8-11(18)10-6-4-5-7-12(10)20-3/h4-7,9H,8H2,1-3H3,(H,15,19). The van der Waals surface area contributed by atoms with E-state index in [0.29, 0.717) is 16.5 Å². The second-order valence-electron chi connectivity index (χ2n) is 4.69. The first-order chi connectivity index (χ1) is 10.0. The Morgan fingerprint density at radius 3 is 2.81 bits per heavy atom. The van der Waals surface area contributed by atoms with Gasteiger partial charge in [0.1, 0.15) is 5.75 Å². The monoisotopic (exact) mass is 307 g/mol. The Bertz CT molecular complexity index is 691. The highest BCUT2D eigenvalue weighted by atomic mass is 32.2. The van der Waals surface area contributed by atoms with E-state index in [1.807, 2.05) is 19.9 Å². The topological polar surface area (TPSA) is 77.0 Å². The molecule has 2 aromatic rings. The maximum absolute atomic E-state index is 12.3. The average Bonchev–Trinajstić information content (AvgIpc) is 2.85. The number of rotatable bonds is 6. The van der Waals surface area contributed by atoms with Crippen molar-refractivity contribution in [2.45, 2.75) is 25.0 Å². The minimum Gasteiger partial charge on any atom is -0.496 e. The first-order valence-corrected chi connectivity index (χ1v) is 7.49. The summed E-state index contributed by atoms with van der Waals surface area (Å²) in [7, 11) is 1.53. The van der Waals surface area contributed by atoms with Crippen LogP contribution in [0.5, 0.6) is 5.75 Å². The van der Waals surface area contributed by atoms with Crippen LogP contribution in [0.15, 0.2) is 34.2 Å². The minimum absolute atomic E-state index is 0.0138. The van der Waals surface area contributed by atoms with Crippen LogP contribution in [-0.2, 0) is 0 Å². The Morgan fingerprint density at radius 2 is 2.14 bits per heavy atom. The molecule has 0 radical (unpaired) electrons. The van der Waals surface area contributed by atoms with E-state index in [0.717, 1.165) is 0 Å². The van der Waals surface area contributed by atoms with E-state index in [4.69, 9.17) is 4.74 Å². The molecule has 0 bridgehead atoms. The molecule has 0 saturated heterocycles. The van der Waals surface area contributed by atoms with Gasteiger partial charge >= 0.3 is 5.69 Å². The second kappa shape index (κ2) is 6.62. The number of benzene rings is 1. The highest BCUT2D eigenvalue weighted by Crippen LogP contribution is 2.22. The molecule has 0 aliphatic heterocycles. The van der Waals surface area contributed by atoms with Gasteiger partial charge < -0.3 is 4.74 Å². The van der Waals surface area contributed by atoms with Gasteiger partial charge in [-0.25, -0.2) is 9.89 Å². The molecule has 0 aliphatic rings. The normalized spacial score (nSPS) is 10.9. The Morgan fingerprint density at radius 1 is 1.43 bits per heavy atom. The summed E-state index contributed by atoms with van der Waals surface area (Å²) in [5.41, 5.74) is 0.263. The Balaban J connectivity index is 2.13. The quantitative estimate of drug-likeness (QED) is 0.653. The average molecular weight is 307 g/mol. The molecule has 21 heavy (non-hydrogen) atoms. The van der Waals surface area contributed by atoms with Crippen LogP contribution < -0.4 is 10.4 Å². The molecule has 7 heteroatoms. The number of ether oxygens (including phenoxy) is 1. The Labute approximate surface area is 126 Å². The summed E-state index contributed by atoms with van der Waals surface area (Å²) < 4.78 is 6.71. The summed E-state index contributed by atoms with van der Waals surface area (Å²) in [6, 6.07) is 7.06. The van der Waals surface area contributed by atoms with Crippen molar-refractivity contribution >= 4 is 17.5 Å². The number of hydrogen-bond donors (Lipinski definition) is 1. The van der Waals surface area contributed by atoms with Gasteiger partial charge in [-0.15, -0.1) is 5.10 Å². The molecule has 0 amide bonds. The zero-order chi connectivity index (χ0) is 15.4. The zero-order valence-electron chi connectivity index (χ0n) is 12.1. The lowest BCUT2D eigenvalue weighted by molar-refractivity contribution is 0.101. The van der Waals surface area contributed by atoms with Crippen LogP contribution in [0, 0.1) is 0 Å². The minimum atomic E-state index is -0.266. The van der Waals surface area contributed by atoms with Gasteiger partial charge in [-0.2, -0.15) is 0 Å². The fourth-order valence-corrected chi connectivity index (χ4v) is 2.89. The Kier molecular flexibility index (Phi) is 4.85. The number of carbonyl (C=O) groups is 1. The van der Waals surface area contributed by atoms with Gasteiger partial charge in [0.05, 0.1) is 18.4 Å². The molecule has 0 saturated carbocycles. The van der Waals surface area contributed by atoms with Crippen molar-refractivity contribution in [3.8, 4) is 5.75 Å². The van der Waals surface area contributed by atoms with Crippen LogP contribution in [0.1, 0.15) is 30.2 Å². The van der Waals surface area contributed by atoms with Crippen LogP contribution in [0.4, 0.5) is 0 Å². The molecule has 6 nitrogen and oxygen atoms in total. The lowest BCUT2D eigenvalue weighted by atomic mass is 10.1. The number of aromatic nitrogens is 3. The zero-order valence-corrected chi connectivity index (χ0v) is 12.9. The third-order valence-corrected chi connectivity index (χ3v) is 3.88. The van der Waals surface area contributed by atoms with Gasteiger partial charge in [-0.05, 0) is 26.0 Å². The predicted octanol–water partition coefficient (Wildman–Crippen LogP) is 2.14. The van der Waals surface area contributed by atoms with Crippen LogP contribution >= 0.6 is 11.8 Å². The first kappa shape index (κ1) is 15.4. The van der Waals surface area contributed by atoms with E-state index in [2.05, 4.69) is 10.2 Å². The maximum atomic E-state index is 12.3. The molecule has 1 aromatic carbocycles. The van der Waals surface area contributed by atoms with Gasteiger partial charge in [0.15, 0.2) is 10.9 Å². The van der Waals surface area contributed by atoms with E-state index in [-0.39, 0.29) is 23.3 Å². The molecule has 0 aliphatic carbocycles. The lowest BCUT2D eigenvalue weighted by Crippen LogP contribution is -2.19. The summed E-state index contributed by atoms with van der Waals surface area (Å²) in [5, 5.41) is 6.87. The number of para-hydroxylation sites is 1. The van der Waals surface area contributed by atoms with Gasteiger partial charge in [-0.3, -0.25) is 9.36 Å². The molecule has 112 valence electrons. The number of carbonyl (C=O) groups excluding carboxylic acids is 1. The second-order valence-corrected chi connectivity index (χ2v) is 5.63. The van der Waals surface area contributed by atoms with Crippen molar-refractivity contribution in [2.75, 3.05) is 12.9 Å². The third-order valence-electron chi connectivity index (χ3n) is 2.93. The van der Waals surface area contributed by atoms with Gasteiger partial charge in [0, 0.05) is 6.04 Å². The number of thioether (sulfide) groups is 1. The molecular weight excluding hydrogens is 290 g/mol. The fourth-order valence-electron chi connectivity index (χ4n) is 1.93. The summed E-state index contributed by atoms with van der Waals surface area (Å²) in [5.74, 6) is 0.673. The molecule has 0 atom stereocenters. The summed E-state index contributed by atoms with van der Waals surface area (Å²) >= 11 is 1.23. The molecule has 0 spiro atoms. The number of ketones is 1. The highest BCUT2D eigenvalue weighted by molar-refractivity contribution is 7.99. The van der Waals surface area contributed by atoms with E-state index in [1.165, 1.54) is 23.4 Å². The van der Waals surface area contributed by atoms with Crippen molar-refractivity contribution < 1.29 is 9.53 Å². The maximum Gasteiger partial charge on any atom is 0.344 e. The van der Waals surface area contributed by atoms with E-state index in [1.54, 1.807) is 18.2 Å². The first-order valence-electron chi connectivity index (χ1n) is 6.50. The van der Waals surface area contributed by atoms with Crippen LogP contribution in [0.2, 0.25) is 0 Å². The summed E-state index contributed by atoms with van der Waals surface area (Å²) in [4.78, 5) is 23.9. The smallest absolute Gasteiger partial charge is 0.344 e. The van der Waals surface area contributed by atoms with Gasteiger partial charge in [0.25, 0.3) is 0 Å². The SMILES string of the molecule is COc1ccccc1C(=O)CSc1n[nH]c(=O)n1C(C)C. The number of Topliss-reactive ketones (excluding diaryl/α,β-unsaturated/α-hetero) is 1. The van der Waals surface area contributed by atoms with E-state index < -0.39 is 0 Å². The molecular formula is C14H17N3O3S. The van der Waals surface area contributed by atoms with Crippen molar-refractivity contribution in [2.24, 2.45) is 0 Å². The molecule has 1 aromatic heterocycles. The van der Waals surface area contributed by atoms with Crippen molar-refractivity contribution in [1.82, 2.24) is 14.8 Å². The lowest BCUT2D eigenvalue weighted by Gasteiger charge is -2.09. The van der Waals surface area contributed by atoms with Crippen molar-refractivity contribution in [3.63, 3.8) is 0 Å². The third kappa shape index (κ3) is 3.36. The van der Waals surface area contributed by atoms with Gasteiger partial charge in [0.2, 0.25) is 0 Å². The number of nitrogens with one attached hydrogen (secondary N) is 1. The number of methoxy groups -OCH3 is 1. The molecule has 1 N–H and O–H groups in total. The molecule has 2 rings (SSSR count). The number of nitrogens with zero attached hydrogens (tertiary/aromatic N) is 2. The van der Waals surface area contributed by atoms with Crippen LogP contribution in [-0.4, -0.2) is 33.4 Å². The van der Waals surface area contributed by atoms with E-state index in [9.17, 15) is 9.59 Å². The molecule has 0 unspecified atom stereocenters. The Hall–Kier alpha value is -2.02. The van der Waals surface area contributed by atoms with E-state index >= 15 is 0 Å². The molecule has 0 fully saturated rings. The predicted molar refractivity (Wildman–Crippen MR) is 81.3 cm³/mol. The summed E-state index contributed by atoms with van der Waals surface area (Å²) in [6.45, 7) is 3.78. The highest BCUT2D eigenvalue weighted by Gasteiger charge is 2.16. The molecule has 1 heterocycles. The largest absolute Gasteiger partial charge is 0.496 e. The number of aromatic amines is 1.